The fourth-order valence-electron chi connectivity index (χ4n) is 2.99. The molecule has 3 rings (SSSR count). The number of ether oxygens (including phenoxy) is 1. The summed E-state index contributed by atoms with van der Waals surface area (Å²) in [5.74, 6) is 0.0510. The summed E-state index contributed by atoms with van der Waals surface area (Å²) in [7, 11) is 1.53. The van der Waals surface area contributed by atoms with Crippen molar-refractivity contribution in [3.8, 4) is 5.88 Å². The third-order valence-corrected chi connectivity index (χ3v) is 4.49. The highest BCUT2D eigenvalue weighted by Crippen LogP contribution is 2.21. The first-order valence-electron chi connectivity index (χ1n) is 9.08. The molecule has 6 heteroatoms. The minimum absolute atomic E-state index is 0.380. The molecule has 27 heavy (non-hydrogen) atoms. The number of rotatable bonds is 9. The molecule has 0 aliphatic carbocycles. The van der Waals surface area contributed by atoms with Crippen molar-refractivity contribution < 1.29 is 14.2 Å². The second-order valence-electron chi connectivity index (χ2n) is 6.44. The average molecular weight is 369 g/mol. The number of aliphatic hydroxyl groups is 1. The summed E-state index contributed by atoms with van der Waals surface area (Å²) in [4.78, 5) is 8.40. The Morgan fingerprint density at radius 3 is 2.74 bits per heavy atom. The molecule has 3 aromatic rings. The zero-order valence-corrected chi connectivity index (χ0v) is 15.4. The Morgan fingerprint density at radius 1 is 1.15 bits per heavy atom. The van der Waals surface area contributed by atoms with Gasteiger partial charge in [-0.2, -0.15) is 0 Å². The van der Waals surface area contributed by atoms with Gasteiger partial charge < -0.3 is 15.2 Å². The van der Waals surface area contributed by atoms with Gasteiger partial charge in [-0.15, -0.1) is 0 Å². The van der Waals surface area contributed by atoms with Gasteiger partial charge in [-0.1, -0.05) is 30.3 Å². The maximum absolute atomic E-state index is 14.2. The summed E-state index contributed by atoms with van der Waals surface area (Å²) < 4.78 is 19.4. The Labute approximate surface area is 158 Å². The lowest BCUT2D eigenvalue weighted by atomic mass is 10.1. The zero-order chi connectivity index (χ0) is 19.1. The van der Waals surface area contributed by atoms with Crippen molar-refractivity contribution in [2.24, 2.45) is 0 Å². The molecule has 0 saturated heterocycles. The van der Waals surface area contributed by atoms with Crippen LogP contribution in [0.15, 0.2) is 48.7 Å². The van der Waals surface area contributed by atoms with Gasteiger partial charge in [0.15, 0.2) is 0 Å². The molecule has 2 heterocycles. The topological polar surface area (TPSA) is 67.3 Å². The second-order valence-corrected chi connectivity index (χ2v) is 6.44. The summed E-state index contributed by atoms with van der Waals surface area (Å²) in [5.41, 5.74) is 2.86. The molecule has 5 nitrogen and oxygen atoms in total. The molecule has 0 radical (unpaired) electrons. The van der Waals surface area contributed by atoms with Crippen LogP contribution in [0.1, 0.15) is 17.5 Å². The number of benzene rings is 1. The van der Waals surface area contributed by atoms with Gasteiger partial charge in [-0.25, -0.2) is 9.37 Å². The van der Waals surface area contributed by atoms with Crippen molar-refractivity contribution in [3.05, 3.63) is 65.6 Å². The van der Waals surface area contributed by atoms with E-state index in [1.54, 1.807) is 12.1 Å². The van der Waals surface area contributed by atoms with Crippen molar-refractivity contribution in [1.29, 1.82) is 0 Å². The standard InChI is InChI=1S/C21H24FN3O2/c1-27-20-10-9-19-21(25-20)17(18(22)14-24-19)11-12-23-13-16(26)8-7-15-5-3-2-4-6-15/h2-6,9-10,14,16,23,26H,7-8,11-13H2,1H3. The van der Waals surface area contributed by atoms with E-state index in [-0.39, 0.29) is 5.82 Å². The predicted octanol–water partition coefficient (Wildman–Crippen LogP) is 2.90. The monoisotopic (exact) mass is 369 g/mol. The number of methoxy groups -OCH3 is 1. The molecule has 0 bridgehead atoms. The van der Waals surface area contributed by atoms with E-state index in [2.05, 4.69) is 27.4 Å². The van der Waals surface area contributed by atoms with Crippen molar-refractivity contribution >= 4 is 11.0 Å². The minimum atomic E-state index is -0.442. The molecule has 0 saturated carbocycles. The molecule has 2 aromatic heterocycles. The Hall–Kier alpha value is -2.57. The maximum Gasteiger partial charge on any atom is 0.213 e. The van der Waals surface area contributed by atoms with Crippen LogP contribution in [0.4, 0.5) is 4.39 Å². The first-order chi connectivity index (χ1) is 13.2. The highest BCUT2D eigenvalue weighted by Gasteiger charge is 2.12. The van der Waals surface area contributed by atoms with Gasteiger partial charge in [-0.3, -0.25) is 4.98 Å². The van der Waals surface area contributed by atoms with Gasteiger partial charge in [0, 0.05) is 18.2 Å². The van der Waals surface area contributed by atoms with Gasteiger partial charge >= 0.3 is 0 Å². The normalized spacial score (nSPS) is 12.3. The average Bonchev–Trinajstić information content (AvgIpc) is 2.71. The molecule has 142 valence electrons. The molecular formula is C21H24FN3O2. The molecule has 0 amide bonds. The largest absolute Gasteiger partial charge is 0.481 e. The maximum atomic E-state index is 14.2. The number of hydrogen-bond acceptors (Lipinski definition) is 5. The number of fused-ring (bicyclic) bond motifs is 1. The summed E-state index contributed by atoms with van der Waals surface area (Å²) in [5, 5.41) is 13.3. The van der Waals surface area contributed by atoms with Gasteiger partial charge in [-0.05, 0) is 37.4 Å². The Bertz CT molecular complexity index is 874. The van der Waals surface area contributed by atoms with Crippen molar-refractivity contribution in [2.45, 2.75) is 25.4 Å². The number of aromatic nitrogens is 2. The summed E-state index contributed by atoms with van der Waals surface area (Å²) in [6.45, 7) is 1.01. The first kappa shape index (κ1) is 19.2. The van der Waals surface area contributed by atoms with E-state index in [9.17, 15) is 9.50 Å². The van der Waals surface area contributed by atoms with E-state index >= 15 is 0 Å². The Balaban J connectivity index is 1.52. The van der Waals surface area contributed by atoms with Crippen LogP contribution in [0.2, 0.25) is 0 Å². The molecule has 1 atom stereocenters. The quantitative estimate of drug-likeness (QED) is 0.568. The fraction of sp³-hybridized carbons (Fsp3) is 0.333. The van der Waals surface area contributed by atoms with E-state index in [0.29, 0.717) is 48.4 Å². The van der Waals surface area contributed by atoms with E-state index in [0.717, 1.165) is 6.42 Å². The molecule has 0 aliphatic heterocycles. The van der Waals surface area contributed by atoms with E-state index in [1.165, 1.54) is 18.9 Å². The van der Waals surface area contributed by atoms with Crippen LogP contribution >= 0.6 is 0 Å². The second kappa shape index (κ2) is 9.39. The van der Waals surface area contributed by atoms with Crippen molar-refractivity contribution in [2.75, 3.05) is 20.2 Å². The first-order valence-corrected chi connectivity index (χ1v) is 9.08. The number of hydrogen-bond donors (Lipinski definition) is 2. The lowest BCUT2D eigenvalue weighted by Crippen LogP contribution is -2.29. The zero-order valence-electron chi connectivity index (χ0n) is 15.4. The highest BCUT2D eigenvalue weighted by molar-refractivity contribution is 5.78. The fourth-order valence-corrected chi connectivity index (χ4v) is 2.99. The van der Waals surface area contributed by atoms with Gasteiger partial charge in [0.2, 0.25) is 5.88 Å². The molecule has 0 fully saturated rings. The lowest BCUT2D eigenvalue weighted by molar-refractivity contribution is 0.162. The molecule has 1 unspecified atom stereocenters. The summed E-state index contributed by atoms with van der Waals surface area (Å²) >= 11 is 0. The molecule has 0 spiro atoms. The number of nitrogens with one attached hydrogen (secondary N) is 1. The highest BCUT2D eigenvalue weighted by atomic mass is 19.1. The number of nitrogens with zero attached hydrogens (tertiary/aromatic N) is 2. The lowest BCUT2D eigenvalue weighted by Gasteiger charge is -2.13. The van der Waals surface area contributed by atoms with Crippen LogP contribution in [0, 0.1) is 5.82 Å². The molecule has 0 aliphatic rings. The van der Waals surface area contributed by atoms with E-state index in [1.807, 2.05) is 18.2 Å². The SMILES string of the molecule is COc1ccc2ncc(F)c(CCNCC(O)CCc3ccccc3)c2n1. The Morgan fingerprint density at radius 2 is 1.96 bits per heavy atom. The number of halogens is 1. The van der Waals surface area contributed by atoms with E-state index in [4.69, 9.17) is 4.74 Å². The number of pyridine rings is 2. The molecule has 2 N–H and O–H groups in total. The molecule has 1 aromatic carbocycles. The minimum Gasteiger partial charge on any atom is -0.481 e. The van der Waals surface area contributed by atoms with Gasteiger partial charge in [0.25, 0.3) is 0 Å². The van der Waals surface area contributed by atoms with Crippen LogP contribution in [0.5, 0.6) is 5.88 Å². The van der Waals surface area contributed by atoms with Gasteiger partial charge in [0.1, 0.15) is 5.82 Å². The van der Waals surface area contributed by atoms with Gasteiger partial charge in [0.05, 0.1) is 30.4 Å². The number of aliphatic hydroxyl groups excluding tert-OH is 1. The smallest absolute Gasteiger partial charge is 0.213 e. The van der Waals surface area contributed by atoms with Crippen LogP contribution < -0.4 is 10.1 Å². The van der Waals surface area contributed by atoms with Crippen molar-refractivity contribution in [1.82, 2.24) is 15.3 Å². The van der Waals surface area contributed by atoms with Crippen LogP contribution in [-0.2, 0) is 12.8 Å². The van der Waals surface area contributed by atoms with Crippen molar-refractivity contribution in [3.63, 3.8) is 0 Å². The van der Waals surface area contributed by atoms with Crippen LogP contribution in [0.3, 0.4) is 0 Å². The van der Waals surface area contributed by atoms with Crippen LogP contribution in [0.25, 0.3) is 11.0 Å². The predicted molar refractivity (Wildman–Crippen MR) is 103 cm³/mol. The Kier molecular flexibility index (Phi) is 6.68. The third-order valence-electron chi connectivity index (χ3n) is 4.49. The molecular weight excluding hydrogens is 345 g/mol. The van der Waals surface area contributed by atoms with Crippen LogP contribution in [-0.4, -0.2) is 41.4 Å². The third kappa shape index (κ3) is 5.21. The summed E-state index contributed by atoms with van der Waals surface area (Å²) in [6.07, 6.45) is 2.75. The van der Waals surface area contributed by atoms with E-state index < -0.39 is 6.10 Å². The summed E-state index contributed by atoms with van der Waals surface area (Å²) in [6, 6.07) is 13.6. The number of aryl methyl sites for hydroxylation is 1.